The van der Waals surface area contributed by atoms with Crippen molar-refractivity contribution in [3.05, 3.63) is 59.1 Å². The summed E-state index contributed by atoms with van der Waals surface area (Å²) in [5.41, 5.74) is 1.81. The number of amides is 1. The van der Waals surface area contributed by atoms with Crippen molar-refractivity contribution < 1.29 is 4.79 Å². The summed E-state index contributed by atoms with van der Waals surface area (Å²) in [5, 5.41) is 3.61. The topological polar surface area (TPSA) is 29.1 Å². The maximum absolute atomic E-state index is 11.9. The summed E-state index contributed by atoms with van der Waals surface area (Å²) >= 11 is 7.68. The van der Waals surface area contributed by atoms with Crippen molar-refractivity contribution in [2.24, 2.45) is 0 Å². The molecule has 0 radical (unpaired) electrons. The summed E-state index contributed by atoms with van der Waals surface area (Å²) in [6.45, 7) is 1.94. The maximum atomic E-state index is 11.9. The summed E-state index contributed by atoms with van der Waals surface area (Å²) in [6.07, 6.45) is 1.39. The van der Waals surface area contributed by atoms with Crippen LogP contribution in [0.1, 0.15) is 18.4 Å². The van der Waals surface area contributed by atoms with E-state index in [0.29, 0.717) is 11.4 Å². The summed E-state index contributed by atoms with van der Waals surface area (Å²) in [4.78, 5) is 13.1. The van der Waals surface area contributed by atoms with Crippen LogP contribution in [0.2, 0.25) is 5.02 Å². The molecule has 0 aliphatic heterocycles. The fraction of sp³-hybridized carbons (Fsp3) is 0.235. The van der Waals surface area contributed by atoms with Gasteiger partial charge in [-0.05, 0) is 55.0 Å². The van der Waals surface area contributed by atoms with Crippen LogP contribution in [0.25, 0.3) is 0 Å². The van der Waals surface area contributed by atoms with E-state index in [9.17, 15) is 4.79 Å². The Bertz CT molecular complexity index is 601. The average Bonchev–Trinajstić information content (AvgIpc) is 2.48. The van der Waals surface area contributed by atoms with Crippen LogP contribution in [0.4, 0.5) is 5.69 Å². The number of aryl methyl sites for hydroxylation is 1. The molecule has 21 heavy (non-hydrogen) atoms. The van der Waals surface area contributed by atoms with Gasteiger partial charge < -0.3 is 5.32 Å². The highest BCUT2D eigenvalue weighted by atomic mass is 35.5. The van der Waals surface area contributed by atoms with Crippen LogP contribution < -0.4 is 5.32 Å². The molecule has 0 fully saturated rings. The van der Waals surface area contributed by atoms with E-state index in [2.05, 4.69) is 17.4 Å². The fourth-order valence-corrected chi connectivity index (χ4v) is 3.02. The Morgan fingerprint density at radius 2 is 1.95 bits per heavy atom. The first kappa shape index (κ1) is 15.9. The normalized spacial score (nSPS) is 10.4. The number of hydrogen-bond donors (Lipinski definition) is 1. The molecule has 2 nitrogen and oxygen atoms in total. The van der Waals surface area contributed by atoms with Crippen molar-refractivity contribution in [2.75, 3.05) is 11.1 Å². The second-order valence-corrected chi connectivity index (χ2v) is 6.38. The van der Waals surface area contributed by atoms with E-state index in [-0.39, 0.29) is 5.91 Å². The second kappa shape index (κ2) is 8.11. The first-order valence-electron chi connectivity index (χ1n) is 6.89. The Morgan fingerprint density at radius 1 is 1.19 bits per heavy atom. The number of hydrogen-bond acceptors (Lipinski definition) is 2. The van der Waals surface area contributed by atoms with Gasteiger partial charge in [-0.15, -0.1) is 11.8 Å². The Balaban J connectivity index is 1.72. The fourth-order valence-electron chi connectivity index (χ4n) is 1.92. The number of halogens is 1. The van der Waals surface area contributed by atoms with E-state index in [1.54, 1.807) is 17.8 Å². The third-order valence-electron chi connectivity index (χ3n) is 3.02. The minimum Gasteiger partial charge on any atom is -0.326 e. The Kier molecular flexibility index (Phi) is 6.15. The van der Waals surface area contributed by atoms with E-state index >= 15 is 0 Å². The molecule has 0 atom stereocenters. The number of thioether (sulfide) groups is 1. The quantitative estimate of drug-likeness (QED) is 0.588. The first-order chi connectivity index (χ1) is 10.1. The molecule has 1 amide bonds. The van der Waals surface area contributed by atoms with Gasteiger partial charge in [0.15, 0.2) is 0 Å². The standard InChI is InChI=1S/C17H18ClNOS/c1-13-12-14(18)9-10-16(13)19-17(20)8-5-11-21-15-6-3-2-4-7-15/h2-4,6-7,9-10,12H,5,8,11H2,1H3,(H,19,20). The van der Waals surface area contributed by atoms with Crippen molar-refractivity contribution in [2.45, 2.75) is 24.7 Å². The lowest BCUT2D eigenvalue weighted by Crippen LogP contribution is -2.12. The van der Waals surface area contributed by atoms with E-state index < -0.39 is 0 Å². The smallest absolute Gasteiger partial charge is 0.224 e. The van der Waals surface area contributed by atoms with E-state index in [4.69, 9.17) is 11.6 Å². The van der Waals surface area contributed by atoms with Crippen LogP contribution in [0.5, 0.6) is 0 Å². The van der Waals surface area contributed by atoms with Crippen LogP contribution in [0.3, 0.4) is 0 Å². The molecule has 0 aliphatic carbocycles. The number of benzene rings is 2. The minimum absolute atomic E-state index is 0.0501. The van der Waals surface area contributed by atoms with Gasteiger partial charge in [-0.3, -0.25) is 4.79 Å². The van der Waals surface area contributed by atoms with Gasteiger partial charge in [0.25, 0.3) is 0 Å². The number of carbonyl (C=O) groups is 1. The molecule has 4 heteroatoms. The molecule has 0 aliphatic rings. The highest BCUT2D eigenvalue weighted by molar-refractivity contribution is 7.99. The van der Waals surface area contributed by atoms with Crippen molar-refractivity contribution >= 4 is 35.0 Å². The Morgan fingerprint density at radius 3 is 2.67 bits per heavy atom. The molecule has 2 aromatic carbocycles. The third kappa shape index (κ3) is 5.44. The predicted molar refractivity (Wildman–Crippen MR) is 91.2 cm³/mol. The SMILES string of the molecule is Cc1cc(Cl)ccc1NC(=O)CCCSc1ccccc1. The number of rotatable bonds is 6. The molecule has 0 saturated carbocycles. The second-order valence-electron chi connectivity index (χ2n) is 4.77. The van der Waals surface area contributed by atoms with Crippen molar-refractivity contribution in [1.29, 1.82) is 0 Å². The van der Waals surface area contributed by atoms with Gasteiger partial charge in [-0.25, -0.2) is 0 Å². The summed E-state index contributed by atoms with van der Waals surface area (Å²) < 4.78 is 0. The molecule has 0 bridgehead atoms. The minimum atomic E-state index is 0.0501. The van der Waals surface area contributed by atoms with Gasteiger partial charge in [0.05, 0.1) is 0 Å². The molecule has 0 aromatic heterocycles. The van der Waals surface area contributed by atoms with Gasteiger partial charge in [0.2, 0.25) is 5.91 Å². The number of carbonyl (C=O) groups excluding carboxylic acids is 1. The van der Waals surface area contributed by atoms with E-state index in [0.717, 1.165) is 23.4 Å². The summed E-state index contributed by atoms with van der Waals surface area (Å²) in [7, 11) is 0. The lowest BCUT2D eigenvalue weighted by atomic mass is 10.2. The first-order valence-corrected chi connectivity index (χ1v) is 8.25. The largest absolute Gasteiger partial charge is 0.326 e. The zero-order valence-corrected chi connectivity index (χ0v) is 13.5. The molecule has 0 unspecified atom stereocenters. The van der Waals surface area contributed by atoms with Gasteiger partial charge in [0, 0.05) is 22.0 Å². The Hall–Kier alpha value is -1.45. The van der Waals surface area contributed by atoms with Gasteiger partial charge in [0.1, 0.15) is 0 Å². The zero-order chi connectivity index (χ0) is 15.1. The number of anilines is 1. The lowest BCUT2D eigenvalue weighted by Gasteiger charge is -2.08. The summed E-state index contributed by atoms with van der Waals surface area (Å²) in [5.74, 6) is 0.992. The zero-order valence-electron chi connectivity index (χ0n) is 11.9. The van der Waals surface area contributed by atoms with Gasteiger partial charge in [-0.2, -0.15) is 0 Å². The highest BCUT2D eigenvalue weighted by Crippen LogP contribution is 2.21. The van der Waals surface area contributed by atoms with Crippen molar-refractivity contribution in [3.63, 3.8) is 0 Å². The third-order valence-corrected chi connectivity index (χ3v) is 4.36. The molecule has 2 rings (SSSR count). The monoisotopic (exact) mass is 319 g/mol. The van der Waals surface area contributed by atoms with E-state index in [1.165, 1.54) is 4.90 Å². The summed E-state index contributed by atoms with van der Waals surface area (Å²) in [6, 6.07) is 15.7. The van der Waals surface area contributed by atoms with E-state index in [1.807, 2.05) is 37.3 Å². The van der Waals surface area contributed by atoms with Gasteiger partial charge in [-0.1, -0.05) is 29.8 Å². The molecule has 0 spiro atoms. The number of nitrogens with one attached hydrogen (secondary N) is 1. The molecule has 110 valence electrons. The molecule has 1 N–H and O–H groups in total. The van der Waals surface area contributed by atoms with Gasteiger partial charge >= 0.3 is 0 Å². The van der Waals surface area contributed by atoms with Crippen molar-refractivity contribution in [3.8, 4) is 0 Å². The molecule has 2 aromatic rings. The van der Waals surface area contributed by atoms with Crippen LogP contribution >= 0.6 is 23.4 Å². The average molecular weight is 320 g/mol. The molecule has 0 saturated heterocycles. The molecule has 0 heterocycles. The lowest BCUT2D eigenvalue weighted by molar-refractivity contribution is -0.116. The van der Waals surface area contributed by atoms with Crippen LogP contribution in [-0.2, 0) is 4.79 Å². The maximum Gasteiger partial charge on any atom is 0.224 e. The van der Waals surface area contributed by atoms with Crippen molar-refractivity contribution in [1.82, 2.24) is 0 Å². The molecular weight excluding hydrogens is 302 g/mol. The highest BCUT2D eigenvalue weighted by Gasteiger charge is 2.05. The Labute approximate surface area is 134 Å². The van der Waals surface area contributed by atoms with Crippen LogP contribution in [0, 0.1) is 6.92 Å². The molecular formula is C17H18ClNOS. The van der Waals surface area contributed by atoms with Crippen LogP contribution in [0.15, 0.2) is 53.4 Å². The van der Waals surface area contributed by atoms with Crippen LogP contribution in [-0.4, -0.2) is 11.7 Å². The predicted octanol–water partition coefficient (Wildman–Crippen LogP) is 5.16.